The van der Waals surface area contributed by atoms with Crippen molar-refractivity contribution in [1.29, 1.82) is 0 Å². The summed E-state index contributed by atoms with van der Waals surface area (Å²) in [5.41, 5.74) is 4.48. The Morgan fingerprint density at radius 1 is 0.960 bits per heavy atom. The predicted octanol–water partition coefficient (Wildman–Crippen LogP) is 2.75. The van der Waals surface area contributed by atoms with Crippen molar-refractivity contribution in [2.45, 2.75) is 24.8 Å². The van der Waals surface area contributed by atoms with Gasteiger partial charge in [-0.3, -0.25) is 0 Å². The first kappa shape index (κ1) is 16.1. The first-order valence-corrected chi connectivity index (χ1v) is 8.54. The summed E-state index contributed by atoms with van der Waals surface area (Å²) in [5, 5.41) is 13.9. The van der Waals surface area contributed by atoms with Gasteiger partial charge in [0.05, 0.1) is 26.9 Å². The van der Waals surface area contributed by atoms with Crippen molar-refractivity contribution in [3.8, 4) is 23.0 Å². The van der Waals surface area contributed by atoms with E-state index in [4.69, 9.17) is 14.2 Å². The lowest BCUT2D eigenvalue weighted by Crippen LogP contribution is -2.46. The Labute approximate surface area is 147 Å². The van der Waals surface area contributed by atoms with Gasteiger partial charge in [0.2, 0.25) is 0 Å². The van der Waals surface area contributed by atoms with E-state index in [1.54, 1.807) is 21.3 Å². The molecule has 0 saturated carbocycles. The molecule has 0 fully saturated rings. The molecule has 4 rings (SSSR count). The van der Waals surface area contributed by atoms with Crippen LogP contribution in [0.3, 0.4) is 0 Å². The highest BCUT2D eigenvalue weighted by atomic mass is 16.5. The van der Waals surface area contributed by atoms with Crippen LogP contribution in [0.25, 0.3) is 0 Å². The Morgan fingerprint density at radius 3 is 2.48 bits per heavy atom. The molecule has 5 nitrogen and oxygen atoms in total. The maximum atomic E-state index is 10.2. The van der Waals surface area contributed by atoms with Crippen LogP contribution in [0.15, 0.2) is 24.3 Å². The molecular weight excluding hydrogens is 318 g/mol. The van der Waals surface area contributed by atoms with E-state index in [1.165, 1.54) is 22.3 Å². The summed E-state index contributed by atoms with van der Waals surface area (Å²) in [6, 6.07) is 7.92. The molecule has 1 atom stereocenters. The lowest BCUT2D eigenvalue weighted by atomic mass is 9.78. The standard InChI is InChI=1S/C20H23NO4/c1-23-17-5-4-14-13(19(17)25-3)6-8-20(14)15-11-18(24-2)16(22)10-12(15)7-9-21-20/h4-5,10-11,21-22H,6-9H2,1-3H3. The molecule has 1 aliphatic carbocycles. The number of hydrogen-bond donors (Lipinski definition) is 2. The molecule has 2 aliphatic rings. The second kappa shape index (κ2) is 5.85. The third-order valence-electron chi connectivity index (χ3n) is 5.54. The molecule has 25 heavy (non-hydrogen) atoms. The molecule has 0 radical (unpaired) electrons. The fourth-order valence-corrected chi connectivity index (χ4v) is 4.43. The third-order valence-corrected chi connectivity index (χ3v) is 5.54. The maximum Gasteiger partial charge on any atom is 0.164 e. The van der Waals surface area contributed by atoms with Crippen LogP contribution in [0, 0.1) is 0 Å². The molecule has 1 aliphatic heterocycles. The molecule has 2 N–H and O–H groups in total. The Balaban J connectivity index is 1.94. The Kier molecular flexibility index (Phi) is 3.76. The molecule has 1 unspecified atom stereocenters. The molecule has 0 bridgehead atoms. The highest BCUT2D eigenvalue weighted by molar-refractivity contribution is 5.61. The Hall–Kier alpha value is -2.40. The number of hydrogen-bond acceptors (Lipinski definition) is 5. The Bertz CT molecular complexity index is 833. The van der Waals surface area contributed by atoms with Crippen molar-refractivity contribution in [1.82, 2.24) is 5.32 Å². The minimum absolute atomic E-state index is 0.198. The number of benzene rings is 2. The highest BCUT2D eigenvalue weighted by Crippen LogP contribution is 2.51. The summed E-state index contributed by atoms with van der Waals surface area (Å²) in [6.07, 6.45) is 2.73. The van der Waals surface area contributed by atoms with Crippen molar-refractivity contribution < 1.29 is 19.3 Å². The fourth-order valence-electron chi connectivity index (χ4n) is 4.43. The number of rotatable bonds is 3. The van der Waals surface area contributed by atoms with Crippen LogP contribution in [0.2, 0.25) is 0 Å². The van der Waals surface area contributed by atoms with Crippen molar-refractivity contribution in [3.63, 3.8) is 0 Å². The molecule has 1 spiro atoms. The van der Waals surface area contributed by atoms with Crippen molar-refractivity contribution >= 4 is 0 Å². The zero-order valence-electron chi connectivity index (χ0n) is 14.8. The highest BCUT2D eigenvalue weighted by Gasteiger charge is 2.45. The molecule has 1 heterocycles. The van der Waals surface area contributed by atoms with Crippen LogP contribution >= 0.6 is 0 Å². The number of fused-ring (bicyclic) bond motifs is 4. The molecule has 0 aromatic heterocycles. The molecule has 5 heteroatoms. The van der Waals surface area contributed by atoms with E-state index in [2.05, 4.69) is 11.4 Å². The van der Waals surface area contributed by atoms with Gasteiger partial charge in [-0.2, -0.15) is 0 Å². The first-order valence-electron chi connectivity index (χ1n) is 8.54. The van der Waals surface area contributed by atoms with Gasteiger partial charge in [0.15, 0.2) is 23.0 Å². The van der Waals surface area contributed by atoms with Crippen LogP contribution in [0.5, 0.6) is 23.0 Å². The number of ether oxygens (including phenoxy) is 3. The first-order chi connectivity index (χ1) is 12.1. The summed E-state index contributed by atoms with van der Waals surface area (Å²) in [6.45, 7) is 0.868. The zero-order chi connectivity index (χ0) is 17.6. The average Bonchev–Trinajstić information content (AvgIpc) is 3.00. The van der Waals surface area contributed by atoms with Crippen LogP contribution in [0.1, 0.15) is 28.7 Å². The van der Waals surface area contributed by atoms with E-state index in [1.807, 2.05) is 18.2 Å². The topological polar surface area (TPSA) is 60.0 Å². The van der Waals surface area contributed by atoms with Gasteiger partial charge >= 0.3 is 0 Å². The molecule has 0 saturated heterocycles. The fraction of sp³-hybridized carbons (Fsp3) is 0.400. The molecule has 2 aromatic carbocycles. The minimum atomic E-state index is -0.274. The van der Waals surface area contributed by atoms with Gasteiger partial charge < -0.3 is 24.6 Å². The lowest BCUT2D eigenvalue weighted by molar-refractivity contribution is 0.350. The molecule has 0 amide bonds. The van der Waals surface area contributed by atoms with Crippen molar-refractivity contribution in [2.24, 2.45) is 0 Å². The number of nitrogens with one attached hydrogen (secondary N) is 1. The predicted molar refractivity (Wildman–Crippen MR) is 95.0 cm³/mol. The third kappa shape index (κ3) is 2.19. The largest absolute Gasteiger partial charge is 0.504 e. The van der Waals surface area contributed by atoms with Gasteiger partial charge in [-0.05, 0) is 54.2 Å². The van der Waals surface area contributed by atoms with Crippen LogP contribution in [0.4, 0.5) is 0 Å². The number of phenolic OH excluding ortho intramolecular Hbond substituents is 1. The van der Waals surface area contributed by atoms with Crippen molar-refractivity contribution in [2.75, 3.05) is 27.9 Å². The Morgan fingerprint density at radius 2 is 1.76 bits per heavy atom. The number of phenols is 1. The second-order valence-corrected chi connectivity index (χ2v) is 6.59. The van der Waals surface area contributed by atoms with E-state index < -0.39 is 0 Å². The monoisotopic (exact) mass is 341 g/mol. The van der Waals surface area contributed by atoms with Gasteiger partial charge in [0.1, 0.15) is 0 Å². The van der Waals surface area contributed by atoms with Gasteiger partial charge in [0.25, 0.3) is 0 Å². The molecule has 2 aromatic rings. The summed E-state index contributed by atoms with van der Waals surface area (Å²) in [7, 11) is 4.93. The van der Waals surface area contributed by atoms with Gasteiger partial charge in [-0.25, -0.2) is 0 Å². The summed E-state index contributed by atoms with van der Waals surface area (Å²) in [4.78, 5) is 0. The summed E-state index contributed by atoms with van der Waals surface area (Å²) >= 11 is 0. The lowest BCUT2D eigenvalue weighted by Gasteiger charge is -2.38. The van der Waals surface area contributed by atoms with Crippen molar-refractivity contribution in [3.05, 3.63) is 46.5 Å². The normalized spacial score (nSPS) is 20.9. The van der Waals surface area contributed by atoms with E-state index in [9.17, 15) is 5.11 Å². The van der Waals surface area contributed by atoms with E-state index in [-0.39, 0.29) is 11.3 Å². The summed E-state index contributed by atoms with van der Waals surface area (Å²) in [5.74, 6) is 2.29. The zero-order valence-corrected chi connectivity index (χ0v) is 14.8. The number of methoxy groups -OCH3 is 3. The van der Waals surface area contributed by atoms with Gasteiger partial charge in [-0.15, -0.1) is 0 Å². The average molecular weight is 341 g/mol. The smallest absolute Gasteiger partial charge is 0.164 e. The van der Waals surface area contributed by atoms with E-state index >= 15 is 0 Å². The molecular formula is C20H23NO4. The van der Waals surface area contributed by atoms with E-state index in [0.29, 0.717) is 5.75 Å². The van der Waals surface area contributed by atoms with Gasteiger partial charge in [-0.1, -0.05) is 6.07 Å². The maximum absolute atomic E-state index is 10.2. The SMILES string of the molecule is COc1cc2c(cc1O)CCNC21CCc2c1ccc(OC)c2OC. The number of aromatic hydroxyl groups is 1. The molecule has 132 valence electrons. The van der Waals surface area contributed by atoms with Crippen LogP contribution < -0.4 is 19.5 Å². The minimum Gasteiger partial charge on any atom is -0.504 e. The summed E-state index contributed by atoms with van der Waals surface area (Å²) < 4.78 is 16.5. The quantitative estimate of drug-likeness (QED) is 0.899. The second-order valence-electron chi connectivity index (χ2n) is 6.59. The van der Waals surface area contributed by atoms with Crippen LogP contribution in [-0.2, 0) is 18.4 Å². The van der Waals surface area contributed by atoms with Crippen LogP contribution in [-0.4, -0.2) is 33.0 Å². The van der Waals surface area contributed by atoms with E-state index in [0.717, 1.165) is 37.3 Å². The van der Waals surface area contributed by atoms with Gasteiger partial charge in [0, 0.05) is 12.1 Å².